The molecule has 0 bridgehead atoms. The Balaban J connectivity index is 1.93. The number of fused-ring (bicyclic) bond motifs is 1. The van der Waals surface area contributed by atoms with E-state index in [1.54, 1.807) is 0 Å². The molecule has 4 heteroatoms. The van der Waals surface area contributed by atoms with Gasteiger partial charge in [-0.3, -0.25) is 9.59 Å². The number of Topliss-reactive ketones (excluding diaryl/α,β-unsaturated/α-hetero) is 1. The molecule has 2 saturated carbocycles. The Morgan fingerprint density at radius 3 is 2.48 bits per heavy atom. The highest BCUT2D eigenvalue weighted by Gasteiger charge is 2.59. The van der Waals surface area contributed by atoms with Gasteiger partial charge in [-0.05, 0) is 17.9 Å². The second kappa shape index (κ2) is 5.09. The van der Waals surface area contributed by atoms with Gasteiger partial charge in [0.05, 0.1) is 8.07 Å². The van der Waals surface area contributed by atoms with Crippen LogP contribution in [0.5, 0.6) is 0 Å². The lowest BCUT2D eigenvalue weighted by Crippen LogP contribution is -2.53. The number of ketones is 1. The zero-order chi connectivity index (χ0) is 15.2. The molecule has 0 aliphatic heterocycles. The van der Waals surface area contributed by atoms with Crippen molar-refractivity contribution >= 4 is 25.0 Å². The van der Waals surface area contributed by atoms with E-state index >= 15 is 0 Å². The Hall–Kier alpha value is -1.42. The van der Waals surface area contributed by atoms with E-state index in [1.165, 1.54) is 12.1 Å². The first kappa shape index (κ1) is 14.5. The van der Waals surface area contributed by atoms with Crippen LogP contribution in [0, 0.1) is 11.8 Å². The van der Waals surface area contributed by atoms with Gasteiger partial charge >= 0.3 is 5.97 Å². The van der Waals surface area contributed by atoms with Gasteiger partial charge in [-0.15, -0.1) is 0 Å². The predicted molar refractivity (Wildman–Crippen MR) is 84.1 cm³/mol. The first-order valence-electron chi connectivity index (χ1n) is 7.66. The first-order chi connectivity index (χ1) is 9.91. The molecular weight excluding hydrogens is 280 g/mol. The highest BCUT2D eigenvalue weighted by molar-refractivity contribution is 6.91. The normalized spacial score (nSPS) is 31.5. The third kappa shape index (κ3) is 2.35. The van der Waals surface area contributed by atoms with Gasteiger partial charge < -0.3 is 4.74 Å². The minimum Gasteiger partial charge on any atom is -0.463 e. The molecule has 0 aromatic heterocycles. The summed E-state index contributed by atoms with van der Waals surface area (Å²) >= 11 is 0. The quantitative estimate of drug-likeness (QED) is 0.636. The highest BCUT2D eigenvalue weighted by Crippen LogP contribution is 2.56. The van der Waals surface area contributed by atoms with E-state index in [-0.39, 0.29) is 18.0 Å². The molecule has 0 heterocycles. The van der Waals surface area contributed by atoms with Crippen LogP contribution < -0.4 is 5.19 Å². The molecule has 0 radical (unpaired) electrons. The van der Waals surface area contributed by atoms with E-state index in [1.807, 2.05) is 6.07 Å². The van der Waals surface area contributed by atoms with Gasteiger partial charge in [-0.1, -0.05) is 48.6 Å². The van der Waals surface area contributed by atoms with Gasteiger partial charge in [0.1, 0.15) is 11.9 Å². The fraction of sp³-hybridized carbons (Fsp3) is 0.529. The third-order valence-electron chi connectivity index (χ3n) is 5.38. The first-order valence-corrected chi connectivity index (χ1v) is 10.7. The van der Waals surface area contributed by atoms with Crippen molar-refractivity contribution in [3.8, 4) is 0 Å². The Morgan fingerprint density at radius 1 is 1.24 bits per heavy atom. The van der Waals surface area contributed by atoms with Crippen molar-refractivity contribution in [2.24, 2.45) is 11.8 Å². The number of hydrogen-bond acceptors (Lipinski definition) is 3. The number of esters is 1. The summed E-state index contributed by atoms with van der Waals surface area (Å²) in [7, 11) is -1.79. The molecular formula is C17H22O3Si. The SMILES string of the molecule is CC(=O)O[C@@H]1C[C@H]2C(=O)C[C@H]2[C@@H]1[Si](C)(C)c1ccccc1. The van der Waals surface area contributed by atoms with Gasteiger partial charge in [0.2, 0.25) is 0 Å². The molecule has 2 fully saturated rings. The fourth-order valence-electron chi connectivity index (χ4n) is 4.35. The number of carbonyl (C=O) groups excluding carboxylic acids is 2. The number of ether oxygens (including phenoxy) is 1. The smallest absolute Gasteiger partial charge is 0.302 e. The molecule has 112 valence electrons. The molecule has 0 N–H and O–H groups in total. The van der Waals surface area contributed by atoms with Crippen molar-refractivity contribution in [3.05, 3.63) is 30.3 Å². The van der Waals surface area contributed by atoms with E-state index in [2.05, 4.69) is 37.4 Å². The molecule has 3 nitrogen and oxygen atoms in total. The number of carbonyl (C=O) groups is 2. The van der Waals surface area contributed by atoms with Crippen LogP contribution in [0.15, 0.2) is 30.3 Å². The molecule has 0 spiro atoms. The molecule has 0 amide bonds. The van der Waals surface area contributed by atoms with Crippen molar-refractivity contribution in [3.63, 3.8) is 0 Å². The molecule has 4 atom stereocenters. The molecule has 21 heavy (non-hydrogen) atoms. The number of hydrogen-bond donors (Lipinski definition) is 0. The summed E-state index contributed by atoms with van der Waals surface area (Å²) < 4.78 is 5.60. The van der Waals surface area contributed by atoms with Gasteiger partial charge in [-0.25, -0.2) is 0 Å². The second-order valence-electron chi connectivity index (χ2n) is 6.94. The van der Waals surface area contributed by atoms with E-state index in [0.29, 0.717) is 23.7 Å². The molecule has 1 aromatic rings. The van der Waals surface area contributed by atoms with Gasteiger partial charge in [-0.2, -0.15) is 0 Å². The van der Waals surface area contributed by atoms with Crippen LogP contribution >= 0.6 is 0 Å². The predicted octanol–water partition coefficient (Wildman–Crippen LogP) is 2.51. The summed E-state index contributed by atoms with van der Waals surface area (Å²) in [5, 5.41) is 1.38. The maximum Gasteiger partial charge on any atom is 0.302 e. The molecule has 2 aliphatic rings. The molecule has 0 saturated heterocycles. The van der Waals surface area contributed by atoms with Crippen LogP contribution in [-0.2, 0) is 14.3 Å². The average molecular weight is 302 g/mol. The number of rotatable bonds is 3. The largest absolute Gasteiger partial charge is 0.463 e. The summed E-state index contributed by atoms with van der Waals surface area (Å²) in [6.45, 7) is 6.15. The van der Waals surface area contributed by atoms with Crippen LogP contribution in [0.3, 0.4) is 0 Å². The van der Waals surface area contributed by atoms with Crippen LogP contribution in [0.25, 0.3) is 0 Å². The summed E-state index contributed by atoms with van der Waals surface area (Å²) in [6.07, 6.45) is 1.33. The lowest BCUT2D eigenvalue weighted by molar-refractivity contribution is -0.146. The van der Waals surface area contributed by atoms with Crippen molar-refractivity contribution in [2.45, 2.75) is 44.5 Å². The summed E-state index contributed by atoms with van der Waals surface area (Å²) in [5.41, 5.74) is 0.353. The van der Waals surface area contributed by atoms with Crippen LogP contribution in [-0.4, -0.2) is 25.9 Å². The molecule has 0 unspecified atom stereocenters. The van der Waals surface area contributed by atoms with Crippen molar-refractivity contribution in [1.29, 1.82) is 0 Å². The fourth-order valence-corrected chi connectivity index (χ4v) is 8.35. The Bertz CT molecular complexity index is 567. The van der Waals surface area contributed by atoms with Gasteiger partial charge in [0, 0.05) is 19.3 Å². The highest BCUT2D eigenvalue weighted by atomic mass is 28.3. The molecule has 1 aromatic carbocycles. The number of benzene rings is 1. The van der Waals surface area contributed by atoms with E-state index in [0.717, 1.165) is 6.42 Å². The monoisotopic (exact) mass is 302 g/mol. The minimum atomic E-state index is -1.79. The maximum atomic E-state index is 11.8. The van der Waals surface area contributed by atoms with Crippen molar-refractivity contribution in [2.75, 3.05) is 0 Å². The van der Waals surface area contributed by atoms with Crippen LogP contribution in [0.4, 0.5) is 0 Å². The average Bonchev–Trinajstić information content (AvgIpc) is 2.72. The van der Waals surface area contributed by atoms with Crippen LogP contribution in [0.1, 0.15) is 19.8 Å². The van der Waals surface area contributed by atoms with Gasteiger partial charge in [0.15, 0.2) is 0 Å². The van der Waals surface area contributed by atoms with E-state index in [9.17, 15) is 9.59 Å². The van der Waals surface area contributed by atoms with Crippen molar-refractivity contribution < 1.29 is 14.3 Å². The summed E-state index contributed by atoms with van der Waals surface area (Å²) in [4.78, 5) is 23.3. The topological polar surface area (TPSA) is 43.4 Å². The Kier molecular flexibility index (Phi) is 3.52. The Morgan fingerprint density at radius 2 is 1.90 bits per heavy atom. The third-order valence-corrected chi connectivity index (χ3v) is 9.67. The summed E-state index contributed by atoms with van der Waals surface area (Å²) in [6, 6.07) is 10.5. The summed E-state index contributed by atoms with van der Waals surface area (Å²) in [5.74, 6) is 0.688. The lowest BCUT2D eigenvalue weighted by Gasteiger charge is -2.41. The second-order valence-corrected chi connectivity index (χ2v) is 11.6. The van der Waals surface area contributed by atoms with E-state index < -0.39 is 8.07 Å². The molecule has 2 aliphatic carbocycles. The lowest BCUT2D eigenvalue weighted by atomic mass is 9.75. The standard InChI is InChI=1S/C17H22O3Si/c1-11(18)20-16-10-13-14(9-15(13)19)17(16)21(2,3)12-7-5-4-6-8-12/h4-8,13-14,16-17H,9-10H2,1-3H3/t13-,14-,16-,17+/m1/s1. The minimum absolute atomic E-state index is 0.0779. The van der Waals surface area contributed by atoms with E-state index in [4.69, 9.17) is 4.74 Å². The maximum absolute atomic E-state index is 11.8. The Labute approximate surface area is 126 Å². The van der Waals surface area contributed by atoms with Crippen molar-refractivity contribution in [1.82, 2.24) is 0 Å². The van der Waals surface area contributed by atoms with Crippen LogP contribution in [0.2, 0.25) is 18.6 Å². The zero-order valence-electron chi connectivity index (χ0n) is 12.8. The van der Waals surface area contributed by atoms with Gasteiger partial charge in [0.25, 0.3) is 0 Å². The zero-order valence-corrected chi connectivity index (χ0v) is 13.8. The molecule has 3 rings (SSSR count).